The Morgan fingerprint density at radius 3 is 2.56 bits per heavy atom. The molecule has 0 aromatic heterocycles. The molecule has 1 heterocycles. The van der Waals surface area contributed by atoms with Crippen LogP contribution in [0.3, 0.4) is 0 Å². The standard InChI is InChI=1S/C14H19NO2S/c1-18(16,17)13-6-3-2-5-12(13)15-10-4-7-14(11-15)8-9-14/h2-3,5-6H,4,7-11H2,1H3. The third-order valence-electron chi connectivity index (χ3n) is 4.22. The van der Waals surface area contributed by atoms with E-state index in [1.54, 1.807) is 12.1 Å². The van der Waals surface area contributed by atoms with Crippen LogP contribution in [0.1, 0.15) is 25.7 Å². The predicted molar refractivity (Wildman–Crippen MR) is 72.7 cm³/mol. The van der Waals surface area contributed by atoms with E-state index in [1.807, 2.05) is 12.1 Å². The van der Waals surface area contributed by atoms with E-state index in [0.29, 0.717) is 10.3 Å². The number of nitrogens with zero attached hydrogens (tertiary/aromatic N) is 1. The zero-order valence-corrected chi connectivity index (χ0v) is 11.5. The van der Waals surface area contributed by atoms with E-state index in [2.05, 4.69) is 4.90 Å². The molecule has 0 N–H and O–H groups in total. The fourth-order valence-corrected chi connectivity index (χ4v) is 3.93. The number of benzene rings is 1. The summed E-state index contributed by atoms with van der Waals surface area (Å²) in [6.07, 6.45) is 6.40. The van der Waals surface area contributed by atoms with Crippen molar-refractivity contribution in [3.8, 4) is 0 Å². The smallest absolute Gasteiger partial charge is 0.177 e. The lowest BCUT2D eigenvalue weighted by Crippen LogP contribution is -2.37. The topological polar surface area (TPSA) is 37.4 Å². The fourth-order valence-electron chi connectivity index (χ4n) is 3.03. The van der Waals surface area contributed by atoms with Crippen molar-refractivity contribution >= 4 is 15.5 Å². The SMILES string of the molecule is CS(=O)(=O)c1ccccc1N1CCCC2(CC2)C1. The van der Waals surface area contributed by atoms with E-state index in [-0.39, 0.29) is 0 Å². The second-order valence-electron chi connectivity index (χ2n) is 5.76. The summed E-state index contributed by atoms with van der Waals surface area (Å²) < 4.78 is 23.7. The fraction of sp³-hybridized carbons (Fsp3) is 0.571. The van der Waals surface area contributed by atoms with Crippen molar-refractivity contribution in [3.63, 3.8) is 0 Å². The van der Waals surface area contributed by atoms with Crippen LogP contribution in [0.15, 0.2) is 29.2 Å². The molecule has 2 aliphatic rings. The second kappa shape index (κ2) is 3.98. The summed E-state index contributed by atoms with van der Waals surface area (Å²) >= 11 is 0. The molecular weight excluding hydrogens is 246 g/mol. The molecule has 0 radical (unpaired) electrons. The van der Waals surface area contributed by atoms with E-state index in [1.165, 1.54) is 31.9 Å². The molecule has 0 bridgehead atoms. The van der Waals surface area contributed by atoms with E-state index < -0.39 is 9.84 Å². The number of hydrogen-bond acceptors (Lipinski definition) is 3. The molecule has 4 heteroatoms. The van der Waals surface area contributed by atoms with Gasteiger partial charge in [0, 0.05) is 19.3 Å². The Kier molecular flexibility index (Phi) is 2.66. The summed E-state index contributed by atoms with van der Waals surface area (Å²) in [6, 6.07) is 7.39. The molecule has 0 atom stereocenters. The predicted octanol–water partition coefficient (Wildman–Crippen LogP) is 2.47. The van der Waals surface area contributed by atoms with Gasteiger partial charge in [-0.05, 0) is 43.2 Å². The molecule has 3 nitrogen and oxygen atoms in total. The van der Waals surface area contributed by atoms with Crippen LogP contribution >= 0.6 is 0 Å². The molecule has 2 fully saturated rings. The second-order valence-corrected chi connectivity index (χ2v) is 7.75. The maximum Gasteiger partial charge on any atom is 0.177 e. The average Bonchev–Trinajstić information content (AvgIpc) is 3.07. The van der Waals surface area contributed by atoms with Gasteiger partial charge in [0.1, 0.15) is 0 Å². The lowest BCUT2D eigenvalue weighted by atomic mass is 9.95. The number of hydrogen-bond donors (Lipinski definition) is 0. The highest BCUT2D eigenvalue weighted by molar-refractivity contribution is 7.90. The van der Waals surface area contributed by atoms with Crippen molar-refractivity contribution in [1.29, 1.82) is 0 Å². The summed E-state index contributed by atoms with van der Waals surface area (Å²) in [7, 11) is -3.14. The van der Waals surface area contributed by atoms with Crippen LogP contribution < -0.4 is 4.90 Å². The molecule has 1 aromatic carbocycles. The third kappa shape index (κ3) is 2.14. The Morgan fingerprint density at radius 1 is 1.17 bits per heavy atom. The van der Waals surface area contributed by atoms with E-state index in [4.69, 9.17) is 0 Å². The first-order valence-corrected chi connectivity index (χ1v) is 8.43. The minimum atomic E-state index is -3.14. The normalized spacial score (nSPS) is 22.2. The van der Waals surface area contributed by atoms with Crippen LogP contribution in [0, 0.1) is 5.41 Å². The van der Waals surface area contributed by atoms with Crippen molar-refractivity contribution in [3.05, 3.63) is 24.3 Å². The average molecular weight is 265 g/mol. The minimum absolute atomic E-state index is 0.475. The summed E-state index contributed by atoms with van der Waals surface area (Å²) in [5.41, 5.74) is 1.40. The molecule has 1 saturated heterocycles. The highest BCUT2D eigenvalue weighted by Crippen LogP contribution is 2.52. The number of sulfone groups is 1. The molecule has 0 unspecified atom stereocenters. The van der Waals surface area contributed by atoms with E-state index >= 15 is 0 Å². The number of rotatable bonds is 2. The van der Waals surface area contributed by atoms with Gasteiger partial charge in [-0.25, -0.2) is 8.42 Å². The van der Waals surface area contributed by atoms with E-state index in [9.17, 15) is 8.42 Å². The number of anilines is 1. The van der Waals surface area contributed by atoms with Crippen molar-refractivity contribution in [2.45, 2.75) is 30.6 Å². The highest BCUT2D eigenvalue weighted by Gasteiger charge is 2.45. The summed E-state index contributed by atoms with van der Waals surface area (Å²) in [4.78, 5) is 2.75. The van der Waals surface area contributed by atoms with Gasteiger partial charge in [-0.1, -0.05) is 12.1 Å². The maximum atomic E-state index is 11.8. The van der Waals surface area contributed by atoms with Gasteiger partial charge in [-0.3, -0.25) is 0 Å². The van der Waals surface area contributed by atoms with Crippen LogP contribution in [0.2, 0.25) is 0 Å². The van der Waals surface area contributed by atoms with Crippen LogP contribution in [-0.4, -0.2) is 27.8 Å². The Morgan fingerprint density at radius 2 is 1.89 bits per heavy atom. The Hall–Kier alpha value is -1.03. The van der Waals surface area contributed by atoms with Gasteiger partial charge < -0.3 is 4.90 Å². The first kappa shape index (κ1) is 12.0. The monoisotopic (exact) mass is 265 g/mol. The van der Waals surface area contributed by atoms with Crippen LogP contribution in [-0.2, 0) is 9.84 Å². The first-order valence-electron chi connectivity index (χ1n) is 6.54. The van der Waals surface area contributed by atoms with Gasteiger partial charge in [0.15, 0.2) is 9.84 Å². The van der Waals surface area contributed by atoms with Gasteiger partial charge in [0.25, 0.3) is 0 Å². The Labute approximate surface area is 109 Å². The van der Waals surface area contributed by atoms with Gasteiger partial charge in [-0.15, -0.1) is 0 Å². The van der Waals surface area contributed by atoms with Crippen LogP contribution in [0.5, 0.6) is 0 Å². The lowest BCUT2D eigenvalue weighted by Gasteiger charge is -2.35. The molecule has 1 spiro atoms. The molecule has 1 aliphatic carbocycles. The molecule has 3 rings (SSSR count). The zero-order valence-electron chi connectivity index (χ0n) is 10.7. The molecule has 98 valence electrons. The largest absolute Gasteiger partial charge is 0.370 e. The highest BCUT2D eigenvalue weighted by atomic mass is 32.2. The third-order valence-corrected chi connectivity index (χ3v) is 5.37. The molecule has 18 heavy (non-hydrogen) atoms. The minimum Gasteiger partial charge on any atom is -0.370 e. The molecule has 0 amide bonds. The van der Waals surface area contributed by atoms with Gasteiger partial charge in [0.05, 0.1) is 10.6 Å². The van der Waals surface area contributed by atoms with Gasteiger partial charge >= 0.3 is 0 Å². The van der Waals surface area contributed by atoms with Crippen molar-refractivity contribution in [1.82, 2.24) is 0 Å². The van der Waals surface area contributed by atoms with Crippen LogP contribution in [0.25, 0.3) is 0 Å². The lowest BCUT2D eigenvalue weighted by molar-refractivity contribution is 0.394. The van der Waals surface area contributed by atoms with Crippen molar-refractivity contribution in [2.24, 2.45) is 5.41 Å². The van der Waals surface area contributed by atoms with E-state index in [0.717, 1.165) is 18.8 Å². The van der Waals surface area contributed by atoms with Crippen molar-refractivity contribution < 1.29 is 8.42 Å². The number of piperidine rings is 1. The molecule has 1 aromatic rings. The first-order chi connectivity index (χ1) is 8.50. The quantitative estimate of drug-likeness (QED) is 0.824. The molecule has 1 aliphatic heterocycles. The summed E-state index contributed by atoms with van der Waals surface area (Å²) in [5, 5.41) is 0. The molecule has 1 saturated carbocycles. The summed E-state index contributed by atoms with van der Waals surface area (Å²) in [5.74, 6) is 0. The summed E-state index contributed by atoms with van der Waals surface area (Å²) in [6.45, 7) is 2.01. The maximum absolute atomic E-state index is 11.8. The Bertz CT molecular complexity index is 561. The number of para-hydroxylation sites is 1. The zero-order chi connectivity index (χ0) is 12.8. The van der Waals surface area contributed by atoms with Gasteiger partial charge in [0.2, 0.25) is 0 Å². The van der Waals surface area contributed by atoms with Crippen molar-refractivity contribution in [2.75, 3.05) is 24.2 Å². The van der Waals surface area contributed by atoms with Gasteiger partial charge in [-0.2, -0.15) is 0 Å². The molecular formula is C14H19NO2S. The Balaban J connectivity index is 1.96. The van der Waals surface area contributed by atoms with Crippen LogP contribution in [0.4, 0.5) is 5.69 Å².